The van der Waals surface area contributed by atoms with Crippen molar-refractivity contribution in [3.05, 3.63) is 0 Å². The standard InChI is InChI=1S/C7H10O3/c1-2-3-4-5-6(8)7(9)10/h6,8H,2-3H2,1H3,(H,9,10). The van der Waals surface area contributed by atoms with E-state index in [0.29, 0.717) is 6.42 Å². The molecule has 0 saturated heterocycles. The summed E-state index contributed by atoms with van der Waals surface area (Å²) < 4.78 is 0. The Labute approximate surface area is 59.7 Å². The predicted octanol–water partition coefficient (Wildman–Crippen LogP) is 0.235. The van der Waals surface area contributed by atoms with Crippen LogP contribution in [0.1, 0.15) is 19.8 Å². The Morgan fingerprint density at radius 3 is 2.70 bits per heavy atom. The fourth-order valence-corrected chi connectivity index (χ4v) is 0.356. The Morgan fingerprint density at radius 1 is 1.70 bits per heavy atom. The minimum Gasteiger partial charge on any atom is -0.479 e. The molecule has 56 valence electrons. The summed E-state index contributed by atoms with van der Waals surface area (Å²) in [5.74, 6) is 3.44. The number of aliphatic carboxylic acids is 1. The van der Waals surface area contributed by atoms with Crippen molar-refractivity contribution in [2.75, 3.05) is 0 Å². The predicted molar refractivity (Wildman–Crippen MR) is 36.3 cm³/mol. The first kappa shape index (κ1) is 8.99. The molecule has 0 heterocycles. The summed E-state index contributed by atoms with van der Waals surface area (Å²) >= 11 is 0. The number of carbonyl (C=O) groups is 1. The molecule has 0 aliphatic rings. The Bertz CT molecular complexity index is 163. The molecule has 1 unspecified atom stereocenters. The summed E-state index contributed by atoms with van der Waals surface area (Å²) in [5, 5.41) is 16.7. The van der Waals surface area contributed by atoms with E-state index in [-0.39, 0.29) is 0 Å². The molecule has 0 aromatic heterocycles. The Morgan fingerprint density at radius 2 is 2.30 bits per heavy atom. The summed E-state index contributed by atoms with van der Waals surface area (Å²) in [6, 6.07) is 0. The molecule has 3 nitrogen and oxygen atoms in total. The van der Waals surface area contributed by atoms with Crippen LogP contribution in [-0.2, 0) is 4.79 Å². The molecule has 1 atom stereocenters. The summed E-state index contributed by atoms with van der Waals surface area (Å²) in [6.07, 6.45) is -0.0181. The number of carboxylic acid groups (broad SMARTS) is 1. The maximum Gasteiger partial charge on any atom is 0.345 e. The third-order valence-electron chi connectivity index (χ3n) is 0.848. The highest BCUT2D eigenvalue weighted by Crippen LogP contribution is 1.83. The second kappa shape index (κ2) is 4.83. The molecule has 0 spiro atoms. The quantitative estimate of drug-likeness (QED) is 0.543. The lowest BCUT2D eigenvalue weighted by Crippen LogP contribution is -2.16. The van der Waals surface area contributed by atoms with Gasteiger partial charge in [-0.2, -0.15) is 0 Å². The Balaban J connectivity index is 3.68. The summed E-state index contributed by atoms with van der Waals surface area (Å²) in [4.78, 5) is 9.94. The zero-order chi connectivity index (χ0) is 7.98. The topological polar surface area (TPSA) is 57.5 Å². The van der Waals surface area contributed by atoms with Gasteiger partial charge in [0.05, 0.1) is 0 Å². The van der Waals surface area contributed by atoms with Crippen molar-refractivity contribution in [2.24, 2.45) is 0 Å². The second-order valence-corrected chi connectivity index (χ2v) is 1.81. The van der Waals surface area contributed by atoms with Crippen LogP contribution in [-0.4, -0.2) is 22.3 Å². The van der Waals surface area contributed by atoms with E-state index < -0.39 is 12.1 Å². The number of carboxylic acids is 1. The molecule has 2 N–H and O–H groups in total. The molecule has 10 heavy (non-hydrogen) atoms. The van der Waals surface area contributed by atoms with Crippen LogP contribution < -0.4 is 0 Å². The van der Waals surface area contributed by atoms with Crippen molar-refractivity contribution in [3.8, 4) is 11.8 Å². The van der Waals surface area contributed by atoms with Gasteiger partial charge in [0.1, 0.15) is 0 Å². The molecule has 0 rings (SSSR count). The molecule has 0 amide bonds. The van der Waals surface area contributed by atoms with E-state index in [1.165, 1.54) is 0 Å². The van der Waals surface area contributed by atoms with Crippen molar-refractivity contribution in [1.29, 1.82) is 0 Å². The van der Waals surface area contributed by atoms with E-state index in [9.17, 15) is 4.79 Å². The molecular weight excluding hydrogens is 132 g/mol. The summed E-state index contributed by atoms with van der Waals surface area (Å²) in [7, 11) is 0. The molecule has 0 radical (unpaired) electrons. The number of hydrogen-bond acceptors (Lipinski definition) is 2. The first-order valence-corrected chi connectivity index (χ1v) is 3.07. The molecule has 0 bridgehead atoms. The molecule has 0 fully saturated rings. The van der Waals surface area contributed by atoms with Gasteiger partial charge in [-0.1, -0.05) is 18.8 Å². The monoisotopic (exact) mass is 142 g/mol. The summed E-state index contributed by atoms with van der Waals surface area (Å²) in [5.41, 5.74) is 0. The molecule has 0 aromatic carbocycles. The average Bonchev–Trinajstić information content (AvgIpc) is 1.88. The zero-order valence-corrected chi connectivity index (χ0v) is 5.79. The number of aliphatic hydroxyl groups is 1. The van der Waals surface area contributed by atoms with Crippen LogP contribution >= 0.6 is 0 Å². The first-order valence-electron chi connectivity index (χ1n) is 3.07. The van der Waals surface area contributed by atoms with Crippen LogP contribution in [0.25, 0.3) is 0 Å². The van der Waals surface area contributed by atoms with Gasteiger partial charge in [0.25, 0.3) is 0 Å². The number of rotatable bonds is 2. The van der Waals surface area contributed by atoms with Crippen LogP contribution in [0.5, 0.6) is 0 Å². The summed E-state index contributed by atoms with van der Waals surface area (Å²) in [6.45, 7) is 1.93. The number of aliphatic hydroxyl groups excluding tert-OH is 1. The SMILES string of the molecule is CCCC#CC(O)C(=O)O. The van der Waals surface area contributed by atoms with Gasteiger partial charge >= 0.3 is 5.97 Å². The van der Waals surface area contributed by atoms with Gasteiger partial charge in [0, 0.05) is 6.42 Å². The van der Waals surface area contributed by atoms with E-state index in [4.69, 9.17) is 10.2 Å². The highest BCUT2D eigenvalue weighted by atomic mass is 16.4. The molecule has 3 heteroatoms. The zero-order valence-electron chi connectivity index (χ0n) is 5.79. The molecule has 0 aliphatic heterocycles. The van der Waals surface area contributed by atoms with Crippen LogP contribution in [0, 0.1) is 11.8 Å². The minimum atomic E-state index is -1.52. The largest absolute Gasteiger partial charge is 0.479 e. The molecular formula is C7H10O3. The highest BCUT2D eigenvalue weighted by Gasteiger charge is 2.06. The Hall–Kier alpha value is -1.01. The lowest BCUT2D eigenvalue weighted by molar-refractivity contribution is -0.143. The fourth-order valence-electron chi connectivity index (χ4n) is 0.356. The van der Waals surface area contributed by atoms with Crippen molar-refractivity contribution in [1.82, 2.24) is 0 Å². The van der Waals surface area contributed by atoms with Crippen molar-refractivity contribution in [2.45, 2.75) is 25.9 Å². The smallest absolute Gasteiger partial charge is 0.345 e. The van der Waals surface area contributed by atoms with E-state index >= 15 is 0 Å². The van der Waals surface area contributed by atoms with E-state index in [1.807, 2.05) is 6.92 Å². The van der Waals surface area contributed by atoms with Gasteiger partial charge in [-0.15, -0.1) is 0 Å². The number of hydrogen-bond donors (Lipinski definition) is 2. The maximum absolute atomic E-state index is 9.94. The molecule has 0 saturated carbocycles. The highest BCUT2D eigenvalue weighted by molar-refractivity contribution is 5.75. The van der Waals surface area contributed by atoms with E-state index in [2.05, 4.69) is 11.8 Å². The Kier molecular flexibility index (Phi) is 4.34. The van der Waals surface area contributed by atoms with Crippen molar-refractivity contribution < 1.29 is 15.0 Å². The molecule has 0 aromatic rings. The first-order chi connectivity index (χ1) is 4.68. The van der Waals surface area contributed by atoms with Crippen molar-refractivity contribution in [3.63, 3.8) is 0 Å². The average molecular weight is 142 g/mol. The van der Waals surface area contributed by atoms with Crippen LogP contribution in [0.15, 0.2) is 0 Å². The van der Waals surface area contributed by atoms with Gasteiger partial charge < -0.3 is 10.2 Å². The van der Waals surface area contributed by atoms with Gasteiger partial charge in [0.15, 0.2) is 0 Å². The van der Waals surface area contributed by atoms with Crippen molar-refractivity contribution >= 4 is 5.97 Å². The van der Waals surface area contributed by atoms with Gasteiger partial charge in [-0.05, 0) is 6.42 Å². The third-order valence-corrected chi connectivity index (χ3v) is 0.848. The van der Waals surface area contributed by atoms with Gasteiger partial charge in [-0.25, -0.2) is 4.79 Å². The lowest BCUT2D eigenvalue weighted by Gasteiger charge is -1.91. The third kappa shape index (κ3) is 3.93. The maximum atomic E-state index is 9.94. The minimum absolute atomic E-state index is 0.629. The second-order valence-electron chi connectivity index (χ2n) is 1.81. The van der Waals surface area contributed by atoms with Crippen LogP contribution in [0.4, 0.5) is 0 Å². The van der Waals surface area contributed by atoms with Crippen LogP contribution in [0.3, 0.4) is 0 Å². The van der Waals surface area contributed by atoms with Crippen LogP contribution in [0.2, 0.25) is 0 Å². The van der Waals surface area contributed by atoms with Gasteiger partial charge in [0.2, 0.25) is 6.10 Å². The normalized spacial score (nSPS) is 11.4. The molecule has 0 aliphatic carbocycles. The van der Waals surface area contributed by atoms with E-state index in [1.54, 1.807) is 0 Å². The van der Waals surface area contributed by atoms with E-state index in [0.717, 1.165) is 6.42 Å². The van der Waals surface area contributed by atoms with Gasteiger partial charge in [-0.3, -0.25) is 0 Å². The number of unbranched alkanes of at least 4 members (excludes halogenated alkanes) is 1. The lowest BCUT2D eigenvalue weighted by atomic mass is 10.3. The fraction of sp³-hybridized carbons (Fsp3) is 0.571.